The van der Waals surface area contributed by atoms with E-state index in [1.165, 1.54) is 11.3 Å². The van der Waals surface area contributed by atoms with Crippen molar-refractivity contribution >= 4 is 27.9 Å². The number of nitrogens with one attached hydrogen (secondary N) is 2. The predicted molar refractivity (Wildman–Crippen MR) is 84.0 cm³/mol. The number of carbonyl (C=O) groups excluding carboxylic acids is 1. The highest BCUT2D eigenvalue weighted by atomic mass is 32.1. The van der Waals surface area contributed by atoms with Crippen LogP contribution in [-0.4, -0.2) is 19.0 Å². The average Bonchev–Trinajstić information content (AvgIpc) is 2.73. The first-order valence-corrected chi connectivity index (χ1v) is 7.57. The van der Waals surface area contributed by atoms with Crippen LogP contribution in [0.4, 0.5) is 10.7 Å². The van der Waals surface area contributed by atoms with Gasteiger partial charge in [0.1, 0.15) is 15.9 Å². The molecule has 0 saturated carbocycles. The Kier molecular flexibility index (Phi) is 5.83. The van der Waals surface area contributed by atoms with E-state index in [0.717, 1.165) is 12.8 Å². The molecule has 0 aliphatic rings. The minimum absolute atomic E-state index is 0.220. The second kappa shape index (κ2) is 7.15. The summed E-state index contributed by atoms with van der Waals surface area (Å²) in [4.78, 5) is 12.3. The first-order valence-electron chi connectivity index (χ1n) is 6.75. The number of amides is 1. The van der Waals surface area contributed by atoms with Gasteiger partial charge in [0.05, 0.1) is 11.3 Å². The van der Waals surface area contributed by atoms with Crippen LogP contribution in [0.2, 0.25) is 0 Å². The average molecular weight is 294 g/mol. The van der Waals surface area contributed by atoms with Gasteiger partial charge in [-0.2, -0.15) is 5.26 Å². The topological polar surface area (TPSA) is 90.9 Å². The third-order valence-electron chi connectivity index (χ3n) is 3.33. The summed E-state index contributed by atoms with van der Waals surface area (Å²) in [5, 5.41) is 15.6. The van der Waals surface area contributed by atoms with Gasteiger partial charge in [-0.3, -0.25) is 4.79 Å². The van der Waals surface area contributed by atoms with E-state index < -0.39 is 0 Å². The number of hydrogen-bond donors (Lipinski definition) is 3. The van der Waals surface area contributed by atoms with E-state index in [1.807, 2.05) is 6.07 Å². The first-order chi connectivity index (χ1) is 9.44. The molecular formula is C14H22N4OS. The summed E-state index contributed by atoms with van der Waals surface area (Å²) < 4.78 is 0. The summed E-state index contributed by atoms with van der Waals surface area (Å²) in [7, 11) is 1.55. The molecule has 110 valence electrons. The minimum atomic E-state index is -0.265. The Balaban J connectivity index is 3.00. The van der Waals surface area contributed by atoms with E-state index in [1.54, 1.807) is 7.05 Å². The van der Waals surface area contributed by atoms with E-state index in [2.05, 4.69) is 31.4 Å². The molecule has 20 heavy (non-hydrogen) atoms. The maximum absolute atomic E-state index is 11.9. The number of nitrogens with two attached hydrogens (primary N) is 1. The Morgan fingerprint density at radius 1 is 1.50 bits per heavy atom. The molecule has 6 heteroatoms. The van der Waals surface area contributed by atoms with Crippen LogP contribution < -0.4 is 16.4 Å². The molecule has 1 aromatic rings. The van der Waals surface area contributed by atoms with Crippen LogP contribution in [0.1, 0.15) is 48.8 Å². The van der Waals surface area contributed by atoms with Crippen LogP contribution in [0.25, 0.3) is 0 Å². The molecule has 0 bridgehead atoms. The van der Waals surface area contributed by atoms with E-state index in [9.17, 15) is 4.79 Å². The fourth-order valence-corrected chi connectivity index (χ4v) is 3.06. The van der Waals surface area contributed by atoms with Crippen LogP contribution in [0.5, 0.6) is 0 Å². The van der Waals surface area contributed by atoms with Crippen molar-refractivity contribution in [2.75, 3.05) is 18.1 Å². The molecular weight excluding hydrogens is 272 g/mol. The molecule has 1 amide bonds. The van der Waals surface area contributed by atoms with Gasteiger partial charge in [0.25, 0.3) is 5.91 Å². The SMILES string of the molecule is CCC(C)CC(C)Nc1sc(C#N)c(N)c1C(=O)NC. The van der Waals surface area contributed by atoms with Crippen molar-refractivity contribution in [2.24, 2.45) is 5.92 Å². The van der Waals surface area contributed by atoms with Gasteiger partial charge in [0, 0.05) is 13.1 Å². The molecule has 2 atom stereocenters. The fraction of sp³-hybridized carbons (Fsp3) is 0.571. The van der Waals surface area contributed by atoms with Crippen molar-refractivity contribution in [1.82, 2.24) is 5.32 Å². The Hall–Kier alpha value is -1.74. The standard InChI is InChI=1S/C14H22N4OS/c1-5-8(2)6-9(3)18-14-11(13(19)17-4)12(16)10(7-15)20-14/h8-9,18H,5-6,16H2,1-4H3,(H,17,19). The Labute approximate surface area is 124 Å². The van der Waals surface area contributed by atoms with E-state index >= 15 is 0 Å². The van der Waals surface area contributed by atoms with Gasteiger partial charge in [-0.25, -0.2) is 0 Å². The fourth-order valence-electron chi connectivity index (χ4n) is 2.03. The largest absolute Gasteiger partial charge is 0.396 e. The molecule has 1 aromatic heterocycles. The Morgan fingerprint density at radius 2 is 2.15 bits per heavy atom. The quantitative estimate of drug-likeness (QED) is 0.752. The highest BCUT2D eigenvalue weighted by Gasteiger charge is 2.22. The Bertz CT molecular complexity index is 518. The Morgan fingerprint density at radius 3 is 2.65 bits per heavy atom. The van der Waals surface area contributed by atoms with E-state index in [4.69, 9.17) is 11.0 Å². The zero-order chi connectivity index (χ0) is 15.3. The molecule has 0 saturated heterocycles. The van der Waals surface area contributed by atoms with E-state index in [0.29, 0.717) is 21.4 Å². The lowest BCUT2D eigenvalue weighted by Crippen LogP contribution is -2.23. The molecule has 0 fully saturated rings. The second-order valence-electron chi connectivity index (χ2n) is 5.03. The maximum Gasteiger partial charge on any atom is 0.256 e. The van der Waals surface area contributed by atoms with Crippen LogP contribution in [0.3, 0.4) is 0 Å². The van der Waals surface area contributed by atoms with Crippen LogP contribution in [0, 0.1) is 17.2 Å². The number of anilines is 2. The molecule has 2 unspecified atom stereocenters. The van der Waals surface area contributed by atoms with Crippen molar-refractivity contribution in [3.05, 3.63) is 10.4 Å². The second-order valence-corrected chi connectivity index (χ2v) is 6.06. The first kappa shape index (κ1) is 16.3. The maximum atomic E-state index is 11.9. The lowest BCUT2D eigenvalue weighted by molar-refractivity contribution is 0.0965. The lowest BCUT2D eigenvalue weighted by Gasteiger charge is -2.18. The molecule has 0 aliphatic carbocycles. The number of nitrogens with zero attached hydrogens (tertiary/aromatic N) is 1. The zero-order valence-electron chi connectivity index (χ0n) is 12.4. The third-order valence-corrected chi connectivity index (χ3v) is 4.37. The van der Waals surface area contributed by atoms with Crippen molar-refractivity contribution in [3.63, 3.8) is 0 Å². The number of nitriles is 1. The van der Waals surface area contributed by atoms with E-state index in [-0.39, 0.29) is 17.6 Å². The number of carbonyl (C=O) groups is 1. The summed E-state index contributed by atoms with van der Waals surface area (Å²) in [6.45, 7) is 6.42. The summed E-state index contributed by atoms with van der Waals surface area (Å²) in [6.07, 6.45) is 2.12. The van der Waals surface area contributed by atoms with Gasteiger partial charge < -0.3 is 16.4 Å². The monoisotopic (exact) mass is 294 g/mol. The summed E-state index contributed by atoms with van der Waals surface area (Å²) in [6, 6.07) is 2.25. The van der Waals surface area contributed by atoms with Crippen molar-refractivity contribution in [1.29, 1.82) is 5.26 Å². The smallest absolute Gasteiger partial charge is 0.256 e. The molecule has 0 spiro atoms. The molecule has 1 heterocycles. The number of hydrogen-bond acceptors (Lipinski definition) is 5. The predicted octanol–water partition coefficient (Wildman–Crippen LogP) is 2.80. The van der Waals surface area contributed by atoms with Crippen molar-refractivity contribution in [2.45, 2.75) is 39.7 Å². The lowest BCUT2D eigenvalue weighted by atomic mass is 10.0. The molecule has 0 aliphatic heterocycles. The van der Waals surface area contributed by atoms with Crippen molar-refractivity contribution in [3.8, 4) is 6.07 Å². The molecule has 0 aromatic carbocycles. The van der Waals surface area contributed by atoms with Gasteiger partial charge in [0.2, 0.25) is 0 Å². The van der Waals surface area contributed by atoms with Crippen LogP contribution >= 0.6 is 11.3 Å². The summed E-state index contributed by atoms with van der Waals surface area (Å²) in [5.41, 5.74) is 6.52. The number of nitrogen functional groups attached to an aromatic ring is 1. The molecule has 5 nitrogen and oxygen atoms in total. The van der Waals surface area contributed by atoms with Gasteiger partial charge >= 0.3 is 0 Å². The molecule has 4 N–H and O–H groups in total. The summed E-state index contributed by atoms with van der Waals surface area (Å²) >= 11 is 1.23. The normalized spacial score (nSPS) is 13.3. The van der Waals surface area contributed by atoms with Gasteiger partial charge in [-0.1, -0.05) is 20.3 Å². The molecule has 1 rings (SSSR count). The van der Waals surface area contributed by atoms with Gasteiger partial charge in [-0.05, 0) is 19.3 Å². The minimum Gasteiger partial charge on any atom is -0.396 e. The highest BCUT2D eigenvalue weighted by Crippen LogP contribution is 2.36. The zero-order valence-corrected chi connectivity index (χ0v) is 13.2. The molecule has 0 radical (unpaired) electrons. The number of thiophene rings is 1. The van der Waals surface area contributed by atoms with Gasteiger partial charge in [-0.15, -0.1) is 11.3 Å². The van der Waals surface area contributed by atoms with Crippen molar-refractivity contribution < 1.29 is 4.79 Å². The van der Waals surface area contributed by atoms with Crippen LogP contribution in [-0.2, 0) is 0 Å². The van der Waals surface area contributed by atoms with Gasteiger partial charge in [0.15, 0.2) is 0 Å². The summed E-state index contributed by atoms with van der Waals surface area (Å²) in [5.74, 6) is 0.340. The highest BCUT2D eigenvalue weighted by molar-refractivity contribution is 7.17. The van der Waals surface area contributed by atoms with Crippen LogP contribution in [0.15, 0.2) is 0 Å². The third kappa shape index (κ3) is 3.64. The number of rotatable bonds is 6.